The molecule has 0 fully saturated rings. The molecule has 3 aromatic heterocycles. The molecule has 3 heterocycles. The zero-order chi connectivity index (χ0) is 18.8. The zero-order valence-electron chi connectivity index (χ0n) is 13.8. The third-order valence-electron chi connectivity index (χ3n) is 3.73. The van der Waals surface area contributed by atoms with E-state index in [2.05, 4.69) is 20.4 Å². The smallest absolute Gasteiger partial charge is 0.267 e. The van der Waals surface area contributed by atoms with Crippen molar-refractivity contribution in [1.29, 1.82) is 0 Å². The molecule has 1 aromatic carbocycles. The van der Waals surface area contributed by atoms with Crippen LogP contribution in [0.4, 0.5) is 5.13 Å². The number of hydrogen-bond donors (Lipinski definition) is 1. The van der Waals surface area contributed by atoms with Crippen LogP contribution < -0.4 is 10.9 Å². The Hall–Kier alpha value is -3.10. The fourth-order valence-corrected chi connectivity index (χ4v) is 3.64. The first kappa shape index (κ1) is 17.3. The lowest BCUT2D eigenvalue weighted by atomic mass is 10.2. The molecule has 4 rings (SSSR count). The fraction of sp³-hybridized carbons (Fsp3) is 0.0556. The Balaban J connectivity index is 1.54. The van der Waals surface area contributed by atoms with E-state index in [1.54, 1.807) is 48.8 Å². The van der Waals surface area contributed by atoms with E-state index in [1.807, 2.05) is 0 Å². The molecule has 27 heavy (non-hydrogen) atoms. The van der Waals surface area contributed by atoms with Crippen molar-refractivity contribution < 1.29 is 4.79 Å². The van der Waals surface area contributed by atoms with Gasteiger partial charge in [-0.15, -0.1) is 0 Å². The lowest BCUT2D eigenvalue weighted by Crippen LogP contribution is -2.29. The summed E-state index contributed by atoms with van der Waals surface area (Å²) >= 11 is 7.28. The number of thiazole rings is 1. The van der Waals surface area contributed by atoms with Gasteiger partial charge in [-0.1, -0.05) is 22.9 Å². The summed E-state index contributed by atoms with van der Waals surface area (Å²) in [4.78, 5) is 32.7. The lowest BCUT2D eigenvalue weighted by molar-refractivity contribution is -0.117. The van der Waals surface area contributed by atoms with E-state index in [1.165, 1.54) is 17.4 Å². The first-order chi connectivity index (χ1) is 13.1. The molecule has 9 heteroatoms. The third kappa shape index (κ3) is 3.86. The van der Waals surface area contributed by atoms with Crippen LogP contribution in [-0.4, -0.2) is 25.7 Å². The maximum atomic E-state index is 12.3. The Labute approximate surface area is 162 Å². The van der Waals surface area contributed by atoms with Crippen molar-refractivity contribution in [3.63, 3.8) is 0 Å². The largest absolute Gasteiger partial charge is 0.300 e. The van der Waals surface area contributed by atoms with Crippen LogP contribution in [0.5, 0.6) is 0 Å². The average molecular weight is 398 g/mol. The van der Waals surface area contributed by atoms with Gasteiger partial charge in [-0.25, -0.2) is 9.67 Å². The summed E-state index contributed by atoms with van der Waals surface area (Å²) in [5.74, 6) is -0.387. The number of aromatic nitrogens is 4. The van der Waals surface area contributed by atoms with Crippen molar-refractivity contribution >= 4 is 44.2 Å². The molecular weight excluding hydrogens is 386 g/mol. The van der Waals surface area contributed by atoms with E-state index in [-0.39, 0.29) is 18.0 Å². The normalized spacial score (nSPS) is 10.9. The summed E-state index contributed by atoms with van der Waals surface area (Å²) in [5, 5.41) is 8.01. The Morgan fingerprint density at radius 1 is 1.15 bits per heavy atom. The summed E-state index contributed by atoms with van der Waals surface area (Å²) in [6, 6.07) is 11.9. The van der Waals surface area contributed by atoms with Crippen LogP contribution in [0.3, 0.4) is 0 Å². The molecule has 0 saturated heterocycles. The molecule has 1 amide bonds. The van der Waals surface area contributed by atoms with Gasteiger partial charge in [0.15, 0.2) is 5.13 Å². The molecule has 0 spiro atoms. The zero-order valence-corrected chi connectivity index (χ0v) is 15.4. The third-order valence-corrected chi connectivity index (χ3v) is 4.90. The molecule has 4 aromatic rings. The number of fused-ring (bicyclic) bond motifs is 1. The maximum Gasteiger partial charge on any atom is 0.267 e. The molecule has 1 N–H and O–H groups in total. The molecule has 0 bridgehead atoms. The molecule has 0 aliphatic heterocycles. The first-order valence-electron chi connectivity index (χ1n) is 7.93. The predicted octanol–water partition coefficient (Wildman–Crippen LogP) is 3.21. The SMILES string of the molecule is O=C(Cn1nc(-c2ccncc2)ccc1=O)Nc1nc2ccc(Cl)cc2s1. The van der Waals surface area contributed by atoms with Crippen molar-refractivity contribution in [2.24, 2.45) is 0 Å². The van der Waals surface area contributed by atoms with Crippen molar-refractivity contribution in [3.8, 4) is 11.3 Å². The molecule has 0 aliphatic rings. The second-order valence-corrected chi connectivity index (χ2v) is 7.10. The van der Waals surface area contributed by atoms with E-state index in [9.17, 15) is 9.59 Å². The van der Waals surface area contributed by atoms with Crippen LogP contribution >= 0.6 is 22.9 Å². The van der Waals surface area contributed by atoms with Gasteiger partial charge in [0.05, 0.1) is 15.9 Å². The van der Waals surface area contributed by atoms with Crippen LogP contribution in [0.2, 0.25) is 5.02 Å². The number of halogens is 1. The van der Waals surface area contributed by atoms with Gasteiger partial charge in [-0.3, -0.25) is 14.6 Å². The number of pyridine rings is 1. The molecule has 0 radical (unpaired) electrons. The topological polar surface area (TPSA) is 89.8 Å². The minimum atomic E-state index is -0.387. The number of carbonyl (C=O) groups is 1. The Morgan fingerprint density at radius 2 is 1.96 bits per heavy atom. The van der Waals surface area contributed by atoms with Crippen molar-refractivity contribution in [2.45, 2.75) is 6.54 Å². The van der Waals surface area contributed by atoms with E-state index in [0.29, 0.717) is 15.8 Å². The highest BCUT2D eigenvalue weighted by molar-refractivity contribution is 7.22. The quantitative estimate of drug-likeness (QED) is 0.571. The van der Waals surface area contributed by atoms with E-state index >= 15 is 0 Å². The van der Waals surface area contributed by atoms with Gasteiger partial charge in [0, 0.05) is 29.0 Å². The number of benzene rings is 1. The summed E-state index contributed by atoms with van der Waals surface area (Å²) in [6.45, 7) is -0.214. The molecule has 0 unspecified atom stereocenters. The van der Waals surface area contributed by atoms with Crippen LogP contribution in [-0.2, 0) is 11.3 Å². The van der Waals surface area contributed by atoms with Gasteiger partial charge in [-0.05, 0) is 36.4 Å². The number of nitrogens with one attached hydrogen (secondary N) is 1. The monoisotopic (exact) mass is 397 g/mol. The number of amides is 1. The van der Waals surface area contributed by atoms with Gasteiger partial charge in [0.25, 0.3) is 5.56 Å². The summed E-state index contributed by atoms with van der Waals surface area (Å²) < 4.78 is 1.99. The molecule has 0 saturated carbocycles. The maximum absolute atomic E-state index is 12.3. The van der Waals surface area contributed by atoms with Gasteiger partial charge >= 0.3 is 0 Å². The summed E-state index contributed by atoms with van der Waals surface area (Å²) in [6.07, 6.45) is 3.27. The van der Waals surface area contributed by atoms with Gasteiger partial charge in [0.2, 0.25) is 5.91 Å². The lowest BCUT2D eigenvalue weighted by Gasteiger charge is -2.06. The van der Waals surface area contributed by atoms with E-state index in [4.69, 9.17) is 11.6 Å². The Morgan fingerprint density at radius 3 is 2.78 bits per heavy atom. The number of anilines is 1. The minimum absolute atomic E-state index is 0.214. The van der Waals surface area contributed by atoms with Crippen molar-refractivity contribution in [2.75, 3.05) is 5.32 Å². The van der Waals surface area contributed by atoms with Gasteiger partial charge in [-0.2, -0.15) is 5.10 Å². The number of rotatable bonds is 4. The van der Waals surface area contributed by atoms with Crippen LogP contribution in [0, 0.1) is 0 Å². The standard InChI is InChI=1S/C18H12ClN5O2S/c19-12-1-2-14-15(9-12)27-18(21-14)22-16(25)10-24-17(26)4-3-13(23-24)11-5-7-20-8-6-11/h1-9H,10H2,(H,21,22,25). The predicted molar refractivity (Wildman–Crippen MR) is 105 cm³/mol. The molecule has 7 nitrogen and oxygen atoms in total. The Bertz CT molecular complexity index is 1190. The van der Waals surface area contributed by atoms with Crippen molar-refractivity contribution in [3.05, 3.63) is 70.2 Å². The van der Waals surface area contributed by atoms with Gasteiger partial charge in [0.1, 0.15) is 6.54 Å². The number of carbonyl (C=O) groups excluding carboxylic acids is 1. The summed E-state index contributed by atoms with van der Waals surface area (Å²) in [7, 11) is 0. The number of hydrogen-bond acceptors (Lipinski definition) is 6. The van der Waals surface area contributed by atoms with Crippen LogP contribution in [0.15, 0.2) is 59.7 Å². The highest BCUT2D eigenvalue weighted by atomic mass is 35.5. The molecule has 0 atom stereocenters. The number of nitrogens with zero attached hydrogens (tertiary/aromatic N) is 4. The van der Waals surface area contributed by atoms with Crippen LogP contribution in [0.1, 0.15) is 0 Å². The first-order valence-corrected chi connectivity index (χ1v) is 9.12. The van der Waals surface area contributed by atoms with E-state index < -0.39 is 0 Å². The van der Waals surface area contributed by atoms with E-state index in [0.717, 1.165) is 20.5 Å². The molecular formula is C18H12ClN5O2S. The highest BCUT2D eigenvalue weighted by Crippen LogP contribution is 2.28. The second-order valence-electron chi connectivity index (χ2n) is 5.63. The Kier molecular flexibility index (Phi) is 4.66. The second kappa shape index (κ2) is 7.26. The highest BCUT2D eigenvalue weighted by Gasteiger charge is 2.11. The molecule has 0 aliphatic carbocycles. The molecule has 134 valence electrons. The minimum Gasteiger partial charge on any atom is -0.300 e. The van der Waals surface area contributed by atoms with Crippen LogP contribution in [0.25, 0.3) is 21.5 Å². The fourth-order valence-electron chi connectivity index (χ4n) is 2.49. The van der Waals surface area contributed by atoms with Crippen molar-refractivity contribution in [1.82, 2.24) is 19.7 Å². The van der Waals surface area contributed by atoms with Gasteiger partial charge < -0.3 is 5.32 Å². The average Bonchev–Trinajstić information content (AvgIpc) is 3.05. The summed E-state index contributed by atoms with van der Waals surface area (Å²) in [5.41, 5.74) is 1.77.